The van der Waals surface area contributed by atoms with Crippen LogP contribution in [0.1, 0.15) is 12.8 Å². The summed E-state index contributed by atoms with van der Waals surface area (Å²) >= 11 is 0. The first kappa shape index (κ1) is 10.9. The van der Waals surface area contributed by atoms with E-state index in [0.717, 1.165) is 13.1 Å². The van der Waals surface area contributed by atoms with E-state index in [1.807, 2.05) is 0 Å². The third-order valence-corrected chi connectivity index (χ3v) is 3.38. The molecule has 0 radical (unpaired) electrons. The van der Waals surface area contributed by atoms with Crippen LogP contribution in [0.15, 0.2) is 35.5 Å². The highest BCUT2D eigenvalue weighted by Crippen LogP contribution is 2.30. The second kappa shape index (κ2) is 4.52. The maximum Gasteiger partial charge on any atom is 0.0514 e. The van der Waals surface area contributed by atoms with Crippen LogP contribution in [0, 0.1) is 0 Å². The number of hydrogen-bond donors (Lipinski definition) is 2. The van der Waals surface area contributed by atoms with Gasteiger partial charge in [-0.3, -0.25) is 0 Å². The lowest BCUT2D eigenvalue weighted by molar-refractivity contribution is 0.559. The molecule has 1 aliphatic carbocycles. The molecule has 2 heterocycles. The van der Waals surface area contributed by atoms with Crippen molar-refractivity contribution < 1.29 is 0 Å². The zero-order valence-electron chi connectivity index (χ0n) is 8.70. The Morgan fingerprint density at radius 1 is 1.20 bits per heavy atom. The largest absolute Gasteiger partial charge is 0.316 e. The zero-order chi connectivity index (χ0) is 9.38. The van der Waals surface area contributed by atoms with Gasteiger partial charge in [-0.15, -0.1) is 12.4 Å². The van der Waals surface area contributed by atoms with E-state index in [2.05, 4.69) is 34.9 Å². The van der Waals surface area contributed by atoms with E-state index >= 15 is 0 Å². The molecular formula is C12H17ClN2. The molecule has 0 amide bonds. The van der Waals surface area contributed by atoms with E-state index < -0.39 is 0 Å². The van der Waals surface area contributed by atoms with Crippen molar-refractivity contribution in [3.8, 4) is 0 Å². The molecule has 15 heavy (non-hydrogen) atoms. The fourth-order valence-corrected chi connectivity index (χ4v) is 2.68. The molecule has 0 aromatic rings. The number of allylic oxidation sites excluding steroid dienone is 2. The van der Waals surface area contributed by atoms with Gasteiger partial charge < -0.3 is 10.6 Å². The molecule has 2 atom stereocenters. The van der Waals surface area contributed by atoms with Gasteiger partial charge in [0.05, 0.1) is 6.04 Å². The second-order valence-corrected chi connectivity index (χ2v) is 4.21. The van der Waals surface area contributed by atoms with Gasteiger partial charge in [0.1, 0.15) is 0 Å². The Hall–Kier alpha value is -0.570. The van der Waals surface area contributed by atoms with Crippen LogP contribution >= 0.6 is 12.4 Å². The van der Waals surface area contributed by atoms with Crippen molar-refractivity contribution in [2.45, 2.75) is 24.9 Å². The predicted molar refractivity (Wildman–Crippen MR) is 65.4 cm³/mol. The van der Waals surface area contributed by atoms with Crippen LogP contribution in [0.25, 0.3) is 0 Å². The van der Waals surface area contributed by atoms with E-state index in [0.29, 0.717) is 12.1 Å². The minimum Gasteiger partial charge on any atom is -0.316 e. The first-order chi connectivity index (χ1) is 6.95. The van der Waals surface area contributed by atoms with Gasteiger partial charge in [-0.1, -0.05) is 24.3 Å². The van der Waals surface area contributed by atoms with Crippen molar-refractivity contribution in [1.82, 2.24) is 10.6 Å². The number of rotatable bonds is 0. The first-order valence-corrected chi connectivity index (χ1v) is 5.50. The molecule has 2 N–H and O–H groups in total. The van der Waals surface area contributed by atoms with Gasteiger partial charge in [-0.05, 0) is 37.1 Å². The maximum atomic E-state index is 3.68. The van der Waals surface area contributed by atoms with Crippen LogP contribution in [0.2, 0.25) is 0 Å². The molecule has 0 aromatic carbocycles. The average molecular weight is 225 g/mol. The number of fused-ring (bicyclic) bond motifs is 2. The lowest BCUT2D eigenvalue weighted by Gasteiger charge is -2.13. The van der Waals surface area contributed by atoms with Crippen molar-refractivity contribution in [1.29, 1.82) is 0 Å². The number of hydrogen-bond acceptors (Lipinski definition) is 2. The van der Waals surface area contributed by atoms with E-state index in [4.69, 9.17) is 0 Å². The van der Waals surface area contributed by atoms with Crippen molar-refractivity contribution in [2.75, 3.05) is 13.1 Å². The van der Waals surface area contributed by atoms with E-state index in [1.165, 1.54) is 18.4 Å². The molecule has 2 unspecified atom stereocenters. The van der Waals surface area contributed by atoms with Gasteiger partial charge in [0.15, 0.2) is 0 Å². The summed E-state index contributed by atoms with van der Waals surface area (Å²) in [4.78, 5) is 0. The molecule has 3 heteroatoms. The third kappa shape index (κ3) is 1.89. The third-order valence-electron chi connectivity index (χ3n) is 3.38. The van der Waals surface area contributed by atoms with Gasteiger partial charge in [-0.25, -0.2) is 0 Å². The molecule has 1 saturated heterocycles. The Morgan fingerprint density at radius 2 is 2.13 bits per heavy atom. The van der Waals surface area contributed by atoms with Crippen LogP contribution in [0.4, 0.5) is 0 Å². The summed E-state index contributed by atoms with van der Waals surface area (Å²) in [5, 5.41) is 7.14. The smallest absolute Gasteiger partial charge is 0.0514 e. The van der Waals surface area contributed by atoms with Crippen molar-refractivity contribution in [2.24, 2.45) is 0 Å². The van der Waals surface area contributed by atoms with Crippen molar-refractivity contribution >= 4 is 12.4 Å². The molecule has 0 aromatic heterocycles. The molecule has 3 rings (SSSR count). The van der Waals surface area contributed by atoms with Gasteiger partial charge >= 0.3 is 0 Å². The monoisotopic (exact) mass is 224 g/mol. The Labute approximate surface area is 96.9 Å². The molecule has 0 saturated carbocycles. The highest BCUT2D eigenvalue weighted by atomic mass is 35.5. The fraction of sp³-hybridized carbons (Fsp3) is 0.500. The molecule has 82 valence electrons. The van der Waals surface area contributed by atoms with Crippen molar-refractivity contribution in [3.63, 3.8) is 0 Å². The average Bonchev–Trinajstić information content (AvgIpc) is 2.42. The van der Waals surface area contributed by atoms with Crippen LogP contribution in [-0.4, -0.2) is 25.2 Å². The second-order valence-electron chi connectivity index (χ2n) is 4.21. The van der Waals surface area contributed by atoms with Gasteiger partial charge in [0, 0.05) is 6.04 Å². The summed E-state index contributed by atoms with van der Waals surface area (Å²) in [5.41, 5.74) is 3.17. The first-order valence-electron chi connectivity index (χ1n) is 5.50. The van der Waals surface area contributed by atoms with Crippen LogP contribution in [-0.2, 0) is 0 Å². The Kier molecular flexibility index (Phi) is 3.29. The lowest BCUT2D eigenvalue weighted by Crippen LogP contribution is -2.32. The fourth-order valence-electron chi connectivity index (χ4n) is 2.68. The Bertz CT molecular complexity index is 331. The summed E-state index contributed by atoms with van der Waals surface area (Å²) in [7, 11) is 0. The summed E-state index contributed by atoms with van der Waals surface area (Å²) in [5.74, 6) is 0. The molecule has 2 nitrogen and oxygen atoms in total. The standard InChI is InChI=1S/C12H16N2.ClH/c1-2-4-11-9(3-1)10-5-7-13-8-6-12(10)14-11;/h1-4,11-14H,5-8H2;1H. The molecule has 0 bridgehead atoms. The van der Waals surface area contributed by atoms with Crippen LogP contribution in [0.5, 0.6) is 0 Å². The lowest BCUT2D eigenvalue weighted by atomic mass is 9.96. The number of halogens is 1. The summed E-state index contributed by atoms with van der Waals surface area (Å²) in [6.45, 7) is 2.29. The van der Waals surface area contributed by atoms with E-state index in [-0.39, 0.29) is 12.4 Å². The normalized spacial score (nSPS) is 33.1. The number of nitrogens with one attached hydrogen (secondary N) is 2. The molecule has 3 aliphatic rings. The van der Waals surface area contributed by atoms with Gasteiger partial charge in [-0.2, -0.15) is 0 Å². The van der Waals surface area contributed by atoms with E-state index in [1.54, 1.807) is 5.57 Å². The Morgan fingerprint density at radius 3 is 3.07 bits per heavy atom. The minimum absolute atomic E-state index is 0. The zero-order valence-corrected chi connectivity index (χ0v) is 9.52. The molecule has 2 aliphatic heterocycles. The Balaban J connectivity index is 0.000000853. The quantitative estimate of drug-likeness (QED) is 0.653. The van der Waals surface area contributed by atoms with E-state index in [9.17, 15) is 0 Å². The van der Waals surface area contributed by atoms with Crippen LogP contribution in [0.3, 0.4) is 0 Å². The summed E-state index contributed by atoms with van der Waals surface area (Å²) in [6, 6.07) is 1.12. The minimum atomic E-state index is 0. The topological polar surface area (TPSA) is 24.1 Å². The maximum absolute atomic E-state index is 3.68. The molecule has 0 spiro atoms. The summed E-state index contributed by atoms with van der Waals surface area (Å²) in [6.07, 6.45) is 11.3. The SMILES string of the molecule is C1=CC2=C3CCNCCC3NC2C=C1.Cl. The predicted octanol–water partition coefficient (Wildman–Crippen LogP) is 1.55. The molecule has 1 fully saturated rings. The van der Waals surface area contributed by atoms with Gasteiger partial charge in [0.25, 0.3) is 0 Å². The van der Waals surface area contributed by atoms with Crippen molar-refractivity contribution in [3.05, 3.63) is 35.5 Å². The van der Waals surface area contributed by atoms with Gasteiger partial charge in [0.2, 0.25) is 0 Å². The van der Waals surface area contributed by atoms with Crippen LogP contribution < -0.4 is 10.6 Å². The summed E-state index contributed by atoms with van der Waals surface area (Å²) < 4.78 is 0. The molecular weight excluding hydrogens is 208 g/mol. The highest BCUT2D eigenvalue weighted by molar-refractivity contribution is 5.85. The highest BCUT2D eigenvalue weighted by Gasteiger charge is 2.30.